The summed E-state index contributed by atoms with van der Waals surface area (Å²) in [5.74, 6) is 0.938. The molecule has 1 saturated heterocycles. The summed E-state index contributed by atoms with van der Waals surface area (Å²) >= 11 is 0. The van der Waals surface area contributed by atoms with Gasteiger partial charge in [0.1, 0.15) is 12.4 Å². The number of fused-ring (bicyclic) bond motifs is 1. The van der Waals surface area contributed by atoms with E-state index in [2.05, 4.69) is 61.0 Å². The van der Waals surface area contributed by atoms with E-state index < -0.39 is 0 Å². The molecular weight excluding hydrogens is 374 g/mol. The lowest BCUT2D eigenvalue weighted by Crippen LogP contribution is -2.45. The van der Waals surface area contributed by atoms with Crippen molar-refractivity contribution in [3.63, 3.8) is 0 Å². The van der Waals surface area contributed by atoms with Crippen LogP contribution in [0, 0.1) is 13.8 Å². The quantitative estimate of drug-likeness (QED) is 0.602. The summed E-state index contributed by atoms with van der Waals surface area (Å²) in [5.41, 5.74) is 6.76. The zero-order valence-electron chi connectivity index (χ0n) is 18.7. The van der Waals surface area contributed by atoms with Crippen LogP contribution in [0.1, 0.15) is 35.1 Å². The van der Waals surface area contributed by atoms with Crippen molar-refractivity contribution in [2.45, 2.75) is 33.6 Å². The van der Waals surface area contributed by atoms with Crippen LogP contribution in [0.2, 0.25) is 0 Å². The minimum Gasteiger partial charge on any atom is -0.492 e. The molecule has 1 aromatic carbocycles. The monoisotopic (exact) mass is 407 g/mol. The van der Waals surface area contributed by atoms with Gasteiger partial charge in [0, 0.05) is 56.1 Å². The van der Waals surface area contributed by atoms with E-state index >= 15 is 0 Å². The molecule has 0 N–H and O–H groups in total. The van der Waals surface area contributed by atoms with Crippen LogP contribution in [-0.2, 0) is 12.8 Å². The lowest BCUT2D eigenvalue weighted by molar-refractivity contribution is 0.134. The number of hydrogen-bond acceptors (Lipinski definition) is 5. The first-order valence-corrected chi connectivity index (χ1v) is 11.0. The number of aryl methyl sites for hydroxylation is 3. The molecule has 1 fully saturated rings. The highest BCUT2D eigenvalue weighted by atomic mass is 16.5. The molecule has 6 nitrogen and oxygen atoms in total. The number of hydrogen-bond donors (Lipinski definition) is 0. The fourth-order valence-corrected chi connectivity index (χ4v) is 4.15. The number of benzene rings is 1. The zero-order valence-corrected chi connectivity index (χ0v) is 18.7. The number of nitrogens with zero attached hydrogens (tertiary/aromatic N) is 5. The van der Waals surface area contributed by atoms with Crippen LogP contribution in [0.3, 0.4) is 0 Å². The summed E-state index contributed by atoms with van der Waals surface area (Å²) in [6.45, 7) is 12.6. The van der Waals surface area contributed by atoms with Crippen molar-refractivity contribution in [3.05, 3.63) is 58.5 Å². The normalized spacial score (nSPS) is 15.7. The van der Waals surface area contributed by atoms with Gasteiger partial charge in [0.2, 0.25) is 0 Å². The maximum absolute atomic E-state index is 5.99. The number of piperazine rings is 1. The van der Waals surface area contributed by atoms with Crippen LogP contribution < -0.4 is 4.74 Å². The first kappa shape index (κ1) is 20.8. The van der Waals surface area contributed by atoms with Gasteiger partial charge in [-0.05, 0) is 51.1 Å². The molecule has 4 rings (SSSR count). The molecule has 1 aliphatic rings. The standard InChI is InChI=1S/C24H33N5O/c1-5-23-22(24-25-18(2)16-19(3)29(24)26-23)17-20-6-8-21(9-7-20)30-15-14-28-12-10-27(4)11-13-28/h6-9,16H,5,10-15,17H2,1-4H3. The summed E-state index contributed by atoms with van der Waals surface area (Å²) in [5, 5.41) is 4.80. The maximum atomic E-state index is 5.99. The Morgan fingerprint density at radius 3 is 2.47 bits per heavy atom. The topological polar surface area (TPSA) is 45.9 Å². The van der Waals surface area contributed by atoms with Gasteiger partial charge in [-0.25, -0.2) is 9.50 Å². The number of rotatable bonds is 7. The third-order valence-electron chi connectivity index (χ3n) is 5.98. The molecule has 0 aliphatic carbocycles. The van der Waals surface area contributed by atoms with E-state index in [0.29, 0.717) is 0 Å². The van der Waals surface area contributed by atoms with Gasteiger partial charge in [-0.1, -0.05) is 19.1 Å². The highest BCUT2D eigenvalue weighted by Crippen LogP contribution is 2.22. The van der Waals surface area contributed by atoms with E-state index in [1.165, 1.54) is 11.1 Å². The molecule has 2 aromatic heterocycles. The molecule has 3 aromatic rings. The van der Waals surface area contributed by atoms with Gasteiger partial charge in [-0.2, -0.15) is 5.10 Å². The molecule has 0 saturated carbocycles. The molecule has 160 valence electrons. The van der Waals surface area contributed by atoms with Crippen molar-refractivity contribution in [1.82, 2.24) is 24.4 Å². The van der Waals surface area contributed by atoms with Crippen LogP contribution in [0.4, 0.5) is 0 Å². The lowest BCUT2D eigenvalue weighted by atomic mass is 10.0. The average molecular weight is 408 g/mol. The molecule has 0 bridgehead atoms. The van der Waals surface area contributed by atoms with Crippen molar-refractivity contribution >= 4 is 5.65 Å². The minimum atomic E-state index is 0.736. The predicted octanol–water partition coefficient (Wildman–Crippen LogP) is 3.13. The number of aromatic nitrogens is 3. The first-order chi connectivity index (χ1) is 14.5. The van der Waals surface area contributed by atoms with Gasteiger partial charge < -0.3 is 9.64 Å². The summed E-state index contributed by atoms with van der Waals surface area (Å²) < 4.78 is 7.97. The molecule has 3 heterocycles. The number of likely N-dealkylation sites (N-methyl/N-ethyl adjacent to an activating group) is 1. The van der Waals surface area contributed by atoms with Gasteiger partial charge >= 0.3 is 0 Å². The molecule has 1 aliphatic heterocycles. The second-order valence-corrected chi connectivity index (χ2v) is 8.37. The van der Waals surface area contributed by atoms with Crippen LogP contribution in [0.25, 0.3) is 5.65 Å². The van der Waals surface area contributed by atoms with Crippen molar-refractivity contribution in [2.75, 3.05) is 46.4 Å². The Morgan fingerprint density at radius 1 is 1.03 bits per heavy atom. The van der Waals surface area contributed by atoms with Gasteiger partial charge in [-0.15, -0.1) is 0 Å². The van der Waals surface area contributed by atoms with E-state index in [9.17, 15) is 0 Å². The minimum absolute atomic E-state index is 0.736. The van der Waals surface area contributed by atoms with E-state index in [4.69, 9.17) is 14.8 Å². The maximum Gasteiger partial charge on any atom is 0.159 e. The Hall–Kier alpha value is -2.44. The van der Waals surface area contributed by atoms with Crippen molar-refractivity contribution in [1.29, 1.82) is 0 Å². The molecule has 0 atom stereocenters. The van der Waals surface area contributed by atoms with Crippen LogP contribution in [0.5, 0.6) is 5.75 Å². The summed E-state index contributed by atoms with van der Waals surface area (Å²) in [6, 6.07) is 10.6. The Bertz CT molecular complexity index is 987. The molecular formula is C24H33N5O. The average Bonchev–Trinajstić information content (AvgIpc) is 3.08. The molecule has 6 heteroatoms. The van der Waals surface area contributed by atoms with E-state index in [-0.39, 0.29) is 0 Å². The SMILES string of the molecule is CCc1nn2c(C)cc(C)nc2c1Cc1ccc(OCCN2CCN(C)CC2)cc1. The lowest BCUT2D eigenvalue weighted by Gasteiger charge is -2.32. The summed E-state index contributed by atoms with van der Waals surface area (Å²) in [6.07, 6.45) is 1.74. The molecule has 30 heavy (non-hydrogen) atoms. The second kappa shape index (κ2) is 9.14. The van der Waals surface area contributed by atoms with Crippen LogP contribution in [-0.4, -0.2) is 70.8 Å². The molecule has 0 unspecified atom stereocenters. The predicted molar refractivity (Wildman–Crippen MR) is 121 cm³/mol. The summed E-state index contributed by atoms with van der Waals surface area (Å²) in [4.78, 5) is 9.63. The largest absolute Gasteiger partial charge is 0.492 e. The fraction of sp³-hybridized carbons (Fsp3) is 0.500. The van der Waals surface area contributed by atoms with Crippen molar-refractivity contribution in [2.24, 2.45) is 0 Å². The Morgan fingerprint density at radius 2 is 1.77 bits per heavy atom. The zero-order chi connectivity index (χ0) is 21.1. The molecule has 0 spiro atoms. The van der Waals surface area contributed by atoms with E-state index in [1.807, 2.05) is 11.4 Å². The van der Waals surface area contributed by atoms with Gasteiger partial charge in [0.25, 0.3) is 0 Å². The highest BCUT2D eigenvalue weighted by Gasteiger charge is 2.16. The number of ether oxygens (including phenoxy) is 1. The van der Waals surface area contributed by atoms with Crippen LogP contribution >= 0.6 is 0 Å². The third-order valence-corrected chi connectivity index (χ3v) is 5.98. The van der Waals surface area contributed by atoms with Gasteiger partial charge in [0.05, 0.1) is 5.69 Å². The van der Waals surface area contributed by atoms with Crippen molar-refractivity contribution < 1.29 is 4.74 Å². The highest BCUT2D eigenvalue weighted by molar-refractivity contribution is 5.53. The third kappa shape index (κ3) is 4.65. The van der Waals surface area contributed by atoms with E-state index in [0.717, 1.165) is 80.7 Å². The van der Waals surface area contributed by atoms with Crippen LogP contribution in [0.15, 0.2) is 30.3 Å². The van der Waals surface area contributed by atoms with Gasteiger partial charge in [-0.3, -0.25) is 4.90 Å². The smallest absolute Gasteiger partial charge is 0.159 e. The summed E-state index contributed by atoms with van der Waals surface area (Å²) in [7, 11) is 2.18. The molecule has 0 amide bonds. The Kier molecular flexibility index (Phi) is 6.35. The first-order valence-electron chi connectivity index (χ1n) is 11.0. The second-order valence-electron chi connectivity index (χ2n) is 8.37. The van der Waals surface area contributed by atoms with E-state index in [1.54, 1.807) is 0 Å². The van der Waals surface area contributed by atoms with Crippen molar-refractivity contribution in [3.8, 4) is 5.75 Å². The Labute approximate surface area is 179 Å². The Balaban J connectivity index is 1.40. The fourth-order valence-electron chi connectivity index (χ4n) is 4.15. The van der Waals surface area contributed by atoms with Gasteiger partial charge in [0.15, 0.2) is 5.65 Å². The molecule has 0 radical (unpaired) electrons.